The molecule has 0 saturated heterocycles. The molecule has 6 nitrogen and oxygen atoms in total. The molecule has 1 unspecified atom stereocenters. The van der Waals surface area contributed by atoms with Crippen LogP contribution in [0.15, 0.2) is 24.3 Å². The second-order valence-corrected chi connectivity index (χ2v) is 6.20. The summed E-state index contributed by atoms with van der Waals surface area (Å²) < 4.78 is 2.24. The molecule has 2 rings (SSSR count). The molecular weight excluding hydrogens is 304 g/mol. The van der Waals surface area contributed by atoms with Crippen molar-refractivity contribution >= 4 is 16.9 Å². The average molecular weight is 332 g/mol. The number of para-hydroxylation sites is 2. The van der Waals surface area contributed by atoms with Gasteiger partial charge in [0.25, 0.3) is 5.91 Å². The standard InChI is InChI=1S/C18H28N4O2/c1-2-3-4-5-8-13-22-16-10-7-6-9-15(16)20-17(22)12-11-14(19)18(23)21-24/h6-7,9-10,14,24H,2-5,8,11-13,19H2,1H3,(H,21,23). The van der Waals surface area contributed by atoms with Crippen molar-refractivity contribution in [3.05, 3.63) is 30.1 Å². The molecule has 1 aromatic heterocycles. The van der Waals surface area contributed by atoms with Crippen molar-refractivity contribution in [3.8, 4) is 0 Å². The van der Waals surface area contributed by atoms with Crippen molar-refractivity contribution in [2.75, 3.05) is 0 Å². The molecule has 0 bridgehead atoms. The van der Waals surface area contributed by atoms with Gasteiger partial charge in [-0.15, -0.1) is 0 Å². The number of unbranched alkanes of at least 4 members (excludes halogenated alkanes) is 4. The Hall–Kier alpha value is -1.92. The SMILES string of the molecule is CCCCCCCn1c(CCC(N)C(=O)NO)nc2ccccc21. The van der Waals surface area contributed by atoms with Crippen LogP contribution in [0.5, 0.6) is 0 Å². The Morgan fingerprint density at radius 1 is 1.29 bits per heavy atom. The van der Waals surface area contributed by atoms with E-state index in [1.165, 1.54) is 25.7 Å². The van der Waals surface area contributed by atoms with E-state index in [0.717, 1.165) is 29.8 Å². The third-order valence-corrected chi connectivity index (χ3v) is 4.34. The molecule has 6 heteroatoms. The fraction of sp³-hybridized carbons (Fsp3) is 0.556. The first-order valence-electron chi connectivity index (χ1n) is 8.81. The molecule has 24 heavy (non-hydrogen) atoms. The number of aromatic nitrogens is 2. The molecule has 0 aliphatic heterocycles. The van der Waals surface area contributed by atoms with Gasteiger partial charge in [0.05, 0.1) is 17.1 Å². The van der Waals surface area contributed by atoms with Crippen LogP contribution < -0.4 is 11.2 Å². The number of carbonyl (C=O) groups excluding carboxylic acids is 1. The molecule has 0 saturated carbocycles. The topological polar surface area (TPSA) is 93.2 Å². The predicted molar refractivity (Wildman–Crippen MR) is 94.7 cm³/mol. The van der Waals surface area contributed by atoms with Crippen LogP contribution in [0.1, 0.15) is 51.3 Å². The minimum absolute atomic E-state index is 0.450. The number of hydrogen-bond acceptors (Lipinski definition) is 4. The summed E-state index contributed by atoms with van der Waals surface area (Å²) in [5.41, 5.74) is 9.47. The van der Waals surface area contributed by atoms with Crippen LogP contribution >= 0.6 is 0 Å². The normalized spacial score (nSPS) is 12.5. The third-order valence-electron chi connectivity index (χ3n) is 4.34. The van der Waals surface area contributed by atoms with Gasteiger partial charge < -0.3 is 10.3 Å². The van der Waals surface area contributed by atoms with E-state index in [9.17, 15) is 4.79 Å². The van der Waals surface area contributed by atoms with Gasteiger partial charge in [-0.1, -0.05) is 44.7 Å². The molecule has 1 amide bonds. The van der Waals surface area contributed by atoms with Gasteiger partial charge in [-0.2, -0.15) is 0 Å². The smallest absolute Gasteiger partial charge is 0.260 e. The highest BCUT2D eigenvalue weighted by molar-refractivity contribution is 5.80. The predicted octanol–water partition coefficient (Wildman–Crippen LogP) is 2.77. The lowest BCUT2D eigenvalue weighted by Gasteiger charge is -2.11. The van der Waals surface area contributed by atoms with E-state index < -0.39 is 11.9 Å². The van der Waals surface area contributed by atoms with Crippen LogP contribution in [0.4, 0.5) is 0 Å². The first-order chi connectivity index (χ1) is 11.7. The molecule has 1 heterocycles. The first-order valence-corrected chi connectivity index (χ1v) is 8.81. The fourth-order valence-electron chi connectivity index (χ4n) is 2.94. The van der Waals surface area contributed by atoms with Crippen LogP contribution in [0.2, 0.25) is 0 Å². The number of carbonyl (C=O) groups is 1. The van der Waals surface area contributed by atoms with Gasteiger partial charge in [-0.05, 0) is 25.0 Å². The zero-order valence-corrected chi connectivity index (χ0v) is 14.4. The maximum absolute atomic E-state index is 11.3. The minimum Gasteiger partial charge on any atom is -0.328 e. The van der Waals surface area contributed by atoms with Crippen LogP contribution in [0, 0.1) is 0 Å². The molecule has 1 atom stereocenters. The highest BCUT2D eigenvalue weighted by atomic mass is 16.5. The summed E-state index contributed by atoms with van der Waals surface area (Å²) in [7, 11) is 0. The van der Waals surface area contributed by atoms with E-state index in [1.54, 1.807) is 5.48 Å². The number of nitrogens with one attached hydrogen (secondary N) is 1. The second kappa shape index (κ2) is 9.39. The van der Waals surface area contributed by atoms with Gasteiger partial charge in [0.1, 0.15) is 5.82 Å². The summed E-state index contributed by atoms with van der Waals surface area (Å²) >= 11 is 0. The lowest BCUT2D eigenvalue weighted by molar-refractivity contribution is -0.130. The number of hydroxylamine groups is 1. The van der Waals surface area contributed by atoms with E-state index in [4.69, 9.17) is 15.9 Å². The summed E-state index contributed by atoms with van der Waals surface area (Å²) in [6.45, 7) is 3.15. The molecule has 0 fully saturated rings. The number of nitrogens with zero attached hydrogens (tertiary/aromatic N) is 2. The Balaban J connectivity index is 2.07. The summed E-state index contributed by atoms with van der Waals surface area (Å²) in [4.78, 5) is 16.0. The van der Waals surface area contributed by atoms with Crippen LogP contribution in [-0.4, -0.2) is 26.7 Å². The lowest BCUT2D eigenvalue weighted by Crippen LogP contribution is -2.39. The number of fused-ring (bicyclic) bond motifs is 1. The number of aryl methyl sites for hydroxylation is 2. The van der Waals surface area contributed by atoms with Gasteiger partial charge in [-0.3, -0.25) is 10.0 Å². The molecule has 132 valence electrons. The van der Waals surface area contributed by atoms with Crippen LogP contribution in [0.3, 0.4) is 0 Å². The van der Waals surface area contributed by atoms with Crippen molar-refractivity contribution < 1.29 is 10.0 Å². The van der Waals surface area contributed by atoms with E-state index in [0.29, 0.717) is 12.8 Å². The Morgan fingerprint density at radius 3 is 2.79 bits per heavy atom. The minimum atomic E-state index is -0.729. The number of amides is 1. The number of hydrogen-bond donors (Lipinski definition) is 3. The number of nitrogens with two attached hydrogens (primary N) is 1. The number of imidazole rings is 1. The quantitative estimate of drug-likeness (QED) is 0.354. The maximum atomic E-state index is 11.3. The molecule has 0 radical (unpaired) electrons. The lowest BCUT2D eigenvalue weighted by atomic mass is 10.1. The van der Waals surface area contributed by atoms with Crippen molar-refractivity contribution in [1.82, 2.24) is 15.0 Å². The number of rotatable bonds is 10. The molecule has 0 aliphatic carbocycles. The van der Waals surface area contributed by atoms with Gasteiger partial charge in [0, 0.05) is 13.0 Å². The van der Waals surface area contributed by atoms with Gasteiger partial charge in [0.15, 0.2) is 0 Å². The monoisotopic (exact) mass is 332 g/mol. The highest BCUT2D eigenvalue weighted by Crippen LogP contribution is 2.19. The highest BCUT2D eigenvalue weighted by Gasteiger charge is 2.16. The summed E-state index contributed by atoms with van der Waals surface area (Å²) in [5.74, 6) is 0.394. The van der Waals surface area contributed by atoms with Crippen molar-refractivity contribution in [2.24, 2.45) is 5.73 Å². The van der Waals surface area contributed by atoms with Gasteiger partial charge in [0.2, 0.25) is 0 Å². The Morgan fingerprint density at radius 2 is 2.04 bits per heavy atom. The maximum Gasteiger partial charge on any atom is 0.260 e. The summed E-state index contributed by atoms with van der Waals surface area (Å²) in [6.07, 6.45) is 7.18. The van der Waals surface area contributed by atoms with E-state index >= 15 is 0 Å². The fourth-order valence-corrected chi connectivity index (χ4v) is 2.94. The van der Waals surface area contributed by atoms with E-state index in [2.05, 4.69) is 17.6 Å². The Bertz CT molecular complexity index is 654. The van der Waals surface area contributed by atoms with Crippen molar-refractivity contribution in [2.45, 2.75) is 64.5 Å². The zero-order valence-electron chi connectivity index (χ0n) is 14.4. The second-order valence-electron chi connectivity index (χ2n) is 6.20. The molecule has 0 spiro atoms. The average Bonchev–Trinajstić information content (AvgIpc) is 2.96. The van der Waals surface area contributed by atoms with Crippen molar-refractivity contribution in [1.29, 1.82) is 0 Å². The third kappa shape index (κ3) is 4.79. The first kappa shape index (κ1) is 18.4. The van der Waals surface area contributed by atoms with E-state index in [-0.39, 0.29) is 0 Å². The Labute approximate surface area is 143 Å². The molecule has 4 N–H and O–H groups in total. The molecular formula is C18H28N4O2. The molecule has 0 aliphatic rings. The largest absolute Gasteiger partial charge is 0.328 e. The molecule has 2 aromatic rings. The summed E-state index contributed by atoms with van der Waals surface area (Å²) in [5, 5.41) is 8.66. The Kier molecular flexibility index (Phi) is 7.21. The summed E-state index contributed by atoms with van der Waals surface area (Å²) in [6, 6.07) is 7.36. The zero-order chi connectivity index (χ0) is 17.4. The van der Waals surface area contributed by atoms with Gasteiger partial charge >= 0.3 is 0 Å². The van der Waals surface area contributed by atoms with Crippen LogP contribution in [0.25, 0.3) is 11.0 Å². The van der Waals surface area contributed by atoms with Crippen LogP contribution in [-0.2, 0) is 17.8 Å². The molecule has 1 aromatic carbocycles. The van der Waals surface area contributed by atoms with E-state index in [1.807, 2.05) is 18.2 Å². The van der Waals surface area contributed by atoms with Gasteiger partial charge in [-0.25, -0.2) is 10.5 Å². The van der Waals surface area contributed by atoms with Crippen molar-refractivity contribution in [3.63, 3.8) is 0 Å². The number of benzene rings is 1.